The maximum Gasteiger partial charge on any atom is 0.323 e. The molecule has 4 rings (SSSR count). The molecule has 0 unspecified atom stereocenters. The van der Waals surface area contributed by atoms with Crippen molar-refractivity contribution in [1.29, 1.82) is 0 Å². The van der Waals surface area contributed by atoms with Gasteiger partial charge in [0.2, 0.25) is 5.09 Å². The number of carbonyl (C=O) groups is 1. The summed E-state index contributed by atoms with van der Waals surface area (Å²) in [5.41, 5.74) is 3.64. The van der Waals surface area contributed by atoms with Crippen LogP contribution in [0.1, 0.15) is 49.0 Å². The number of hydrogen-bond donors (Lipinski definition) is 2. The van der Waals surface area contributed by atoms with Gasteiger partial charge in [0, 0.05) is 24.8 Å². The van der Waals surface area contributed by atoms with Gasteiger partial charge in [-0.2, -0.15) is 4.31 Å². The minimum atomic E-state index is -3.68. The number of benzene rings is 1. The predicted octanol–water partition coefficient (Wildman–Crippen LogP) is 4.29. The molecule has 2 N–H and O–H groups in total. The van der Waals surface area contributed by atoms with Gasteiger partial charge in [0.25, 0.3) is 10.0 Å². The summed E-state index contributed by atoms with van der Waals surface area (Å²) >= 11 is 0. The van der Waals surface area contributed by atoms with Crippen LogP contribution in [0.3, 0.4) is 0 Å². The standard InChI is InChI=1S/C21H27N3O4S/c1-15-19(14-20(28-15)29(26,27)24-12-5-2-6-13-24)23-21(25)22-18-11-7-9-16-8-3-4-10-17(16)18/h7,9,11,14H,2-6,8,10,12-13H2,1H3,(H2,22,23,25). The number of sulfonamides is 1. The average molecular weight is 418 g/mol. The molecule has 0 radical (unpaired) electrons. The highest BCUT2D eigenvalue weighted by Gasteiger charge is 2.30. The number of rotatable bonds is 4. The quantitative estimate of drug-likeness (QED) is 0.776. The van der Waals surface area contributed by atoms with E-state index in [1.807, 2.05) is 12.1 Å². The highest BCUT2D eigenvalue weighted by Crippen LogP contribution is 2.30. The Morgan fingerprint density at radius 2 is 1.72 bits per heavy atom. The van der Waals surface area contributed by atoms with E-state index in [4.69, 9.17) is 4.42 Å². The van der Waals surface area contributed by atoms with E-state index in [1.54, 1.807) is 6.92 Å². The fourth-order valence-corrected chi connectivity index (χ4v) is 5.60. The highest BCUT2D eigenvalue weighted by atomic mass is 32.2. The third-order valence-electron chi connectivity index (χ3n) is 5.70. The lowest BCUT2D eigenvalue weighted by atomic mass is 9.90. The summed E-state index contributed by atoms with van der Waals surface area (Å²) in [7, 11) is -3.68. The number of nitrogens with one attached hydrogen (secondary N) is 2. The smallest absolute Gasteiger partial charge is 0.323 e. The molecule has 29 heavy (non-hydrogen) atoms. The molecule has 1 fully saturated rings. The van der Waals surface area contributed by atoms with Gasteiger partial charge in [-0.25, -0.2) is 13.2 Å². The number of piperidine rings is 1. The van der Waals surface area contributed by atoms with Crippen molar-refractivity contribution >= 4 is 27.4 Å². The Bertz CT molecular complexity index is 1010. The monoisotopic (exact) mass is 417 g/mol. The zero-order chi connectivity index (χ0) is 20.4. The first-order chi connectivity index (χ1) is 13.9. The number of carbonyl (C=O) groups excluding carboxylic acids is 1. The normalized spacial score (nSPS) is 17.6. The van der Waals surface area contributed by atoms with Crippen LogP contribution in [-0.4, -0.2) is 31.8 Å². The van der Waals surface area contributed by atoms with Crippen molar-refractivity contribution < 1.29 is 17.6 Å². The number of furan rings is 1. The number of hydrogen-bond acceptors (Lipinski definition) is 4. The summed E-state index contributed by atoms with van der Waals surface area (Å²) in [5.74, 6) is 0.367. The van der Waals surface area contributed by atoms with Crippen LogP contribution in [-0.2, 0) is 22.9 Å². The summed E-state index contributed by atoms with van der Waals surface area (Å²) < 4.78 is 32.5. The Hall–Kier alpha value is -2.32. The molecule has 2 aliphatic rings. The van der Waals surface area contributed by atoms with E-state index in [0.29, 0.717) is 24.5 Å². The molecule has 0 spiro atoms. The average Bonchev–Trinajstić information content (AvgIpc) is 3.10. The molecular formula is C21H27N3O4S. The zero-order valence-corrected chi connectivity index (χ0v) is 17.5. The van der Waals surface area contributed by atoms with Gasteiger partial charge in [0.15, 0.2) is 0 Å². The number of fused-ring (bicyclic) bond motifs is 1. The molecule has 0 bridgehead atoms. The molecule has 2 heterocycles. The molecule has 2 aromatic rings. The van der Waals surface area contributed by atoms with Crippen LogP contribution >= 0.6 is 0 Å². The van der Waals surface area contributed by atoms with E-state index in [1.165, 1.54) is 27.9 Å². The second-order valence-corrected chi connectivity index (χ2v) is 9.60. The number of aryl methyl sites for hydroxylation is 2. The van der Waals surface area contributed by atoms with Crippen molar-refractivity contribution in [1.82, 2.24) is 4.31 Å². The number of amides is 2. The van der Waals surface area contributed by atoms with Crippen LogP contribution in [0, 0.1) is 6.92 Å². The first kappa shape index (κ1) is 20.0. The van der Waals surface area contributed by atoms with Crippen molar-refractivity contribution in [2.45, 2.75) is 57.0 Å². The van der Waals surface area contributed by atoms with E-state index in [0.717, 1.165) is 44.2 Å². The minimum absolute atomic E-state index is 0.121. The van der Waals surface area contributed by atoms with Gasteiger partial charge in [-0.1, -0.05) is 18.6 Å². The van der Waals surface area contributed by atoms with Crippen molar-refractivity contribution in [3.8, 4) is 0 Å². The van der Waals surface area contributed by atoms with Crippen LogP contribution in [0.5, 0.6) is 0 Å². The third kappa shape index (κ3) is 4.18. The highest BCUT2D eigenvalue weighted by molar-refractivity contribution is 7.89. The second kappa shape index (κ2) is 8.20. The van der Waals surface area contributed by atoms with Crippen molar-refractivity contribution in [2.75, 3.05) is 23.7 Å². The molecule has 1 aromatic heterocycles. The molecule has 1 aliphatic heterocycles. The lowest BCUT2D eigenvalue weighted by Gasteiger charge is -2.24. The largest absolute Gasteiger partial charge is 0.446 e. The summed E-state index contributed by atoms with van der Waals surface area (Å²) in [6.07, 6.45) is 7.03. The molecule has 0 atom stereocenters. The van der Waals surface area contributed by atoms with Gasteiger partial charge in [0.1, 0.15) is 5.76 Å². The Balaban J connectivity index is 1.48. The van der Waals surface area contributed by atoms with E-state index < -0.39 is 16.1 Å². The van der Waals surface area contributed by atoms with Gasteiger partial charge in [-0.05, 0) is 62.6 Å². The molecule has 8 heteroatoms. The molecule has 1 aromatic carbocycles. The molecule has 1 aliphatic carbocycles. The summed E-state index contributed by atoms with van der Waals surface area (Å²) in [6.45, 7) is 2.66. The first-order valence-corrected chi connectivity index (χ1v) is 11.7. The summed E-state index contributed by atoms with van der Waals surface area (Å²) in [5, 5.41) is 5.52. The van der Waals surface area contributed by atoms with Gasteiger partial charge in [-0.3, -0.25) is 0 Å². The van der Waals surface area contributed by atoms with Crippen LogP contribution in [0.15, 0.2) is 33.8 Å². The molecule has 0 saturated carbocycles. The molecule has 156 valence electrons. The van der Waals surface area contributed by atoms with E-state index in [2.05, 4.69) is 16.7 Å². The Kier molecular flexibility index (Phi) is 5.65. The van der Waals surface area contributed by atoms with Crippen LogP contribution in [0.25, 0.3) is 0 Å². The molecular weight excluding hydrogens is 390 g/mol. The van der Waals surface area contributed by atoms with Gasteiger partial charge in [0.05, 0.1) is 5.69 Å². The fraction of sp³-hybridized carbons (Fsp3) is 0.476. The van der Waals surface area contributed by atoms with E-state index >= 15 is 0 Å². The van der Waals surface area contributed by atoms with E-state index in [-0.39, 0.29) is 5.09 Å². The Morgan fingerprint density at radius 1 is 1.00 bits per heavy atom. The van der Waals surface area contributed by atoms with Crippen molar-refractivity contribution in [3.05, 3.63) is 41.2 Å². The first-order valence-electron chi connectivity index (χ1n) is 10.2. The predicted molar refractivity (Wildman–Crippen MR) is 112 cm³/mol. The summed E-state index contributed by atoms with van der Waals surface area (Å²) in [4.78, 5) is 12.6. The lowest BCUT2D eigenvalue weighted by molar-refractivity contribution is 0.262. The minimum Gasteiger partial charge on any atom is -0.446 e. The van der Waals surface area contributed by atoms with Gasteiger partial charge in [-0.15, -0.1) is 0 Å². The van der Waals surface area contributed by atoms with Crippen LogP contribution in [0.2, 0.25) is 0 Å². The van der Waals surface area contributed by atoms with E-state index in [9.17, 15) is 13.2 Å². The SMILES string of the molecule is Cc1oc(S(=O)(=O)N2CCCCC2)cc1NC(=O)Nc1cccc2c1CCCC2. The molecule has 7 nitrogen and oxygen atoms in total. The van der Waals surface area contributed by atoms with Crippen molar-refractivity contribution in [2.24, 2.45) is 0 Å². The number of urea groups is 1. The van der Waals surface area contributed by atoms with Crippen LogP contribution < -0.4 is 10.6 Å². The Labute approximate surface area is 171 Å². The lowest BCUT2D eigenvalue weighted by Crippen LogP contribution is -2.35. The maximum atomic E-state index is 12.8. The summed E-state index contributed by atoms with van der Waals surface area (Å²) in [6, 6.07) is 6.95. The fourth-order valence-electron chi connectivity index (χ4n) is 4.11. The number of nitrogens with zero attached hydrogens (tertiary/aromatic N) is 1. The Morgan fingerprint density at radius 3 is 2.52 bits per heavy atom. The number of anilines is 2. The second-order valence-electron chi connectivity index (χ2n) is 7.73. The third-order valence-corrected chi connectivity index (χ3v) is 7.45. The maximum absolute atomic E-state index is 12.8. The zero-order valence-electron chi connectivity index (χ0n) is 16.7. The van der Waals surface area contributed by atoms with Crippen molar-refractivity contribution in [3.63, 3.8) is 0 Å². The topological polar surface area (TPSA) is 91.7 Å². The van der Waals surface area contributed by atoms with Crippen LogP contribution in [0.4, 0.5) is 16.2 Å². The van der Waals surface area contributed by atoms with Gasteiger partial charge < -0.3 is 15.1 Å². The molecule has 2 amide bonds. The van der Waals surface area contributed by atoms with Gasteiger partial charge >= 0.3 is 6.03 Å². The molecule has 1 saturated heterocycles.